The van der Waals surface area contributed by atoms with Crippen LogP contribution in [0.5, 0.6) is 0 Å². The summed E-state index contributed by atoms with van der Waals surface area (Å²) in [5.74, 6) is -0.479. The standard InChI is InChI=1S/C14H10Br2Cl2FN/c1-7(9-5-13(19)12(18)6-11(9)17)20-14-4-8(15)2-3-10(14)16/h2-7,20H,1H3. The Morgan fingerprint density at radius 3 is 2.50 bits per heavy atom. The van der Waals surface area contributed by atoms with Crippen molar-refractivity contribution < 1.29 is 4.39 Å². The molecule has 0 heterocycles. The summed E-state index contributed by atoms with van der Waals surface area (Å²) in [6.07, 6.45) is 0. The van der Waals surface area contributed by atoms with Crippen LogP contribution in [0.2, 0.25) is 10.0 Å². The minimum Gasteiger partial charge on any atom is -0.378 e. The summed E-state index contributed by atoms with van der Waals surface area (Å²) in [6, 6.07) is 8.38. The van der Waals surface area contributed by atoms with Gasteiger partial charge in [-0.2, -0.15) is 0 Å². The molecule has 0 aliphatic carbocycles. The molecule has 0 bridgehead atoms. The van der Waals surface area contributed by atoms with E-state index < -0.39 is 5.82 Å². The van der Waals surface area contributed by atoms with Crippen LogP contribution in [0.4, 0.5) is 10.1 Å². The van der Waals surface area contributed by atoms with Gasteiger partial charge in [0.05, 0.1) is 16.8 Å². The number of benzene rings is 2. The highest BCUT2D eigenvalue weighted by Crippen LogP contribution is 2.33. The number of halogens is 5. The third-order valence-electron chi connectivity index (χ3n) is 2.81. The first-order valence-corrected chi connectivity index (χ1v) is 8.08. The Bertz CT molecular complexity index is 649. The summed E-state index contributed by atoms with van der Waals surface area (Å²) in [5, 5.41) is 3.74. The molecule has 1 atom stereocenters. The molecule has 2 rings (SSSR count). The van der Waals surface area contributed by atoms with E-state index in [1.54, 1.807) is 0 Å². The molecule has 1 nitrogen and oxygen atoms in total. The van der Waals surface area contributed by atoms with E-state index in [1.165, 1.54) is 12.1 Å². The molecule has 2 aromatic carbocycles. The molecule has 0 saturated carbocycles. The molecule has 0 aromatic heterocycles. The van der Waals surface area contributed by atoms with E-state index in [-0.39, 0.29) is 11.1 Å². The zero-order chi connectivity index (χ0) is 14.9. The summed E-state index contributed by atoms with van der Waals surface area (Å²) in [4.78, 5) is 0. The molecule has 0 saturated heterocycles. The largest absolute Gasteiger partial charge is 0.378 e. The van der Waals surface area contributed by atoms with E-state index in [2.05, 4.69) is 37.2 Å². The van der Waals surface area contributed by atoms with Crippen molar-refractivity contribution in [1.82, 2.24) is 0 Å². The lowest BCUT2D eigenvalue weighted by Crippen LogP contribution is -2.08. The zero-order valence-electron chi connectivity index (χ0n) is 10.4. The van der Waals surface area contributed by atoms with Gasteiger partial charge in [0.15, 0.2) is 0 Å². The molecule has 6 heteroatoms. The van der Waals surface area contributed by atoms with Crippen molar-refractivity contribution in [3.05, 3.63) is 60.7 Å². The lowest BCUT2D eigenvalue weighted by atomic mass is 10.1. The van der Waals surface area contributed by atoms with Crippen LogP contribution in [0.15, 0.2) is 39.3 Å². The van der Waals surface area contributed by atoms with Crippen molar-refractivity contribution in [2.45, 2.75) is 13.0 Å². The first kappa shape index (κ1) is 16.1. The maximum Gasteiger partial charge on any atom is 0.142 e. The Morgan fingerprint density at radius 1 is 1.10 bits per heavy atom. The summed E-state index contributed by atoms with van der Waals surface area (Å²) in [6.45, 7) is 1.90. The maximum atomic E-state index is 13.6. The Balaban J connectivity index is 2.30. The second-order valence-electron chi connectivity index (χ2n) is 4.28. The van der Waals surface area contributed by atoms with Crippen molar-refractivity contribution >= 4 is 60.7 Å². The molecule has 20 heavy (non-hydrogen) atoms. The van der Waals surface area contributed by atoms with E-state index >= 15 is 0 Å². The van der Waals surface area contributed by atoms with Gasteiger partial charge in [0, 0.05) is 14.0 Å². The minimum absolute atomic E-state index is 0.0228. The van der Waals surface area contributed by atoms with Crippen LogP contribution in [0.1, 0.15) is 18.5 Å². The molecular weight excluding hydrogens is 432 g/mol. The number of rotatable bonds is 3. The van der Waals surface area contributed by atoms with Crippen molar-refractivity contribution in [3.8, 4) is 0 Å². The topological polar surface area (TPSA) is 12.0 Å². The molecule has 2 aromatic rings. The van der Waals surface area contributed by atoms with Gasteiger partial charge in [-0.25, -0.2) is 4.39 Å². The summed E-state index contributed by atoms with van der Waals surface area (Å²) in [7, 11) is 0. The average molecular weight is 442 g/mol. The first-order chi connectivity index (χ1) is 9.38. The second kappa shape index (κ2) is 6.65. The number of nitrogens with one attached hydrogen (secondary N) is 1. The molecule has 0 aliphatic heterocycles. The Morgan fingerprint density at radius 2 is 1.80 bits per heavy atom. The summed E-state index contributed by atoms with van der Waals surface area (Å²) < 4.78 is 15.4. The van der Waals surface area contributed by atoms with Gasteiger partial charge in [-0.3, -0.25) is 0 Å². The predicted octanol–water partition coefficient (Wildman–Crippen LogP) is 6.83. The number of anilines is 1. The van der Waals surface area contributed by atoms with E-state index in [0.717, 1.165) is 14.6 Å². The summed E-state index contributed by atoms with van der Waals surface area (Å²) in [5.41, 5.74) is 1.54. The number of hydrogen-bond acceptors (Lipinski definition) is 1. The highest BCUT2D eigenvalue weighted by molar-refractivity contribution is 9.11. The second-order valence-corrected chi connectivity index (χ2v) is 6.86. The molecule has 0 fully saturated rings. The van der Waals surface area contributed by atoms with Gasteiger partial charge in [0.1, 0.15) is 5.82 Å². The molecular formula is C14H10Br2Cl2FN. The Kier molecular flexibility index (Phi) is 5.35. The third-order valence-corrected chi connectivity index (χ3v) is 4.61. The third kappa shape index (κ3) is 3.67. The van der Waals surface area contributed by atoms with Crippen molar-refractivity contribution in [1.29, 1.82) is 0 Å². The van der Waals surface area contributed by atoms with Gasteiger partial charge >= 0.3 is 0 Å². The number of hydrogen-bond donors (Lipinski definition) is 1. The smallest absolute Gasteiger partial charge is 0.142 e. The normalized spacial score (nSPS) is 12.3. The van der Waals surface area contributed by atoms with Crippen molar-refractivity contribution in [3.63, 3.8) is 0 Å². The van der Waals surface area contributed by atoms with E-state index in [1.807, 2.05) is 25.1 Å². The maximum absolute atomic E-state index is 13.6. The summed E-state index contributed by atoms with van der Waals surface area (Å²) >= 11 is 18.7. The van der Waals surface area contributed by atoms with Crippen LogP contribution in [0.25, 0.3) is 0 Å². The van der Waals surface area contributed by atoms with Crippen LogP contribution in [0.3, 0.4) is 0 Å². The SMILES string of the molecule is CC(Nc1cc(Br)ccc1Br)c1cc(F)c(Cl)cc1Cl. The van der Waals surface area contributed by atoms with Crippen molar-refractivity contribution in [2.75, 3.05) is 5.32 Å². The molecule has 0 aliphatic rings. The zero-order valence-corrected chi connectivity index (χ0v) is 15.0. The first-order valence-electron chi connectivity index (χ1n) is 5.74. The molecule has 106 valence electrons. The fourth-order valence-corrected chi connectivity index (χ4v) is 3.06. The quantitative estimate of drug-likeness (QED) is 0.514. The van der Waals surface area contributed by atoms with Crippen LogP contribution in [-0.4, -0.2) is 0 Å². The molecule has 1 unspecified atom stereocenters. The minimum atomic E-state index is -0.479. The van der Waals surface area contributed by atoms with E-state index in [9.17, 15) is 4.39 Å². The lowest BCUT2D eigenvalue weighted by molar-refractivity contribution is 0.624. The van der Waals surface area contributed by atoms with Gasteiger partial charge in [-0.15, -0.1) is 0 Å². The predicted molar refractivity (Wildman–Crippen MR) is 90.3 cm³/mol. The van der Waals surface area contributed by atoms with Gasteiger partial charge in [0.25, 0.3) is 0 Å². The highest BCUT2D eigenvalue weighted by Gasteiger charge is 2.14. The molecule has 1 N–H and O–H groups in total. The van der Waals surface area contributed by atoms with Crippen LogP contribution in [0, 0.1) is 5.82 Å². The fourth-order valence-electron chi connectivity index (χ4n) is 1.79. The van der Waals surface area contributed by atoms with Crippen LogP contribution >= 0.6 is 55.1 Å². The van der Waals surface area contributed by atoms with E-state index in [0.29, 0.717) is 10.6 Å². The molecule has 0 amide bonds. The van der Waals surface area contributed by atoms with Crippen molar-refractivity contribution in [2.24, 2.45) is 0 Å². The molecule has 0 spiro atoms. The molecule has 0 radical (unpaired) electrons. The van der Waals surface area contributed by atoms with Gasteiger partial charge < -0.3 is 5.32 Å². The van der Waals surface area contributed by atoms with Gasteiger partial charge in [-0.05, 0) is 58.7 Å². The highest BCUT2D eigenvalue weighted by atomic mass is 79.9. The lowest BCUT2D eigenvalue weighted by Gasteiger charge is -2.18. The van der Waals surface area contributed by atoms with Crippen LogP contribution in [-0.2, 0) is 0 Å². The Labute approximate surface area is 143 Å². The average Bonchev–Trinajstić information content (AvgIpc) is 2.38. The monoisotopic (exact) mass is 439 g/mol. The van der Waals surface area contributed by atoms with E-state index in [4.69, 9.17) is 23.2 Å². The van der Waals surface area contributed by atoms with Crippen LogP contribution < -0.4 is 5.32 Å². The fraction of sp³-hybridized carbons (Fsp3) is 0.143. The van der Waals surface area contributed by atoms with Gasteiger partial charge in [0.2, 0.25) is 0 Å². The van der Waals surface area contributed by atoms with Gasteiger partial charge in [-0.1, -0.05) is 39.1 Å². The Hall–Kier alpha value is -0.290.